The average molecular weight is 355 g/mol. The predicted molar refractivity (Wildman–Crippen MR) is 98.9 cm³/mol. The van der Waals surface area contributed by atoms with Crippen molar-refractivity contribution in [3.05, 3.63) is 52.2 Å². The molecule has 0 spiro atoms. The Kier molecular flexibility index (Phi) is 3.64. The van der Waals surface area contributed by atoms with Crippen molar-refractivity contribution < 1.29 is 4.39 Å². The van der Waals surface area contributed by atoms with Crippen molar-refractivity contribution in [1.29, 1.82) is 0 Å². The molecule has 0 amide bonds. The molecule has 0 radical (unpaired) electrons. The standard InChI is InChI=1S/C19H22FN5O/c1-18(2,3)25-15-14(10-22-25)16(26)24-17(23-15)21-11-19(8-9-19)12-4-6-13(20)7-5-12/h4-7,10H,8-9,11H2,1-3H3,(H2,21,23,24,26). The average Bonchev–Trinajstić information content (AvgIpc) is 3.23. The molecule has 2 N–H and O–H groups in total. The van der Waals surface area contributed by atoms with E-state index >= 15 is 0 Å². The van der Waals surface area contributed by atoms with Gasteiger partial charge >= 0.3 is 0 Å². The van der Waals surface area contributed by atoms with Gasteiger partial charge in [-0.3, -0.25) is 9.78 Å². The Balaban J connectivity index is 1.62. The highest BCUT2D eigenvalue weighted by molar-refractivity contribution is 5.74. The van der Waals surface area contributed by atoms with E-state index < -0.39 is 0 Å². The zero-order chi connectivity index (χ0) is 18.5. The normalized spacial score (nSPS) is 16.0. The van der Waals surface area contributed by atoms with Gasteiger partial charge in [-0.15, -0.1) is 0 Å². The number of hydrogen-bond acceptors (Lipinski definition) is 4. The number of anilines is 1. The summed E-state index contributed by atoms with van der Waals surface area (Å²) in [7, 11) is 0. The lowest BCUT2D eigenvalue weighted by Crippen LogP contribution is -2.25. The summed E-state index contributed by atoms with van der Waals surface area (Å²) < 4.78 is 14.9. The third-order valence-electron chi connectivity index (χ3n) is 4.98. The molecule has 2 aromatic heterocycles. The summed E-state index contributed by atoms with van der Waals surface area (Å²) in [5.41, 5.74) is 1.17. The Morgan fingerprint density at radius 1 is 1.27 bits per heavy atom. The number of rotatable bonds is 4. The lowest BCUT2D eigenvalue weighted by Gasteiger charge is -2.20. The predicted octanol–water partition coefficient (Wildman–Crippen LogP) is 3.16. The Bertz CT molecular complexity index is 1010. The van der Waals surface area contributed by atoms with Crippen molar-refractivity contribution in [3.8, 4) is 0 Å². The minimum atomic E-state index is -0.272. The molecule has 1 aliphatic rings. The molecule has 1 saturated carbocycles. The van der Waals surface area contributed by atoms with Crippen LogP contribution in [0.5, 0.6) is 0 Å². The van der Waals surface area contributed by atoms with Crippen molar-refractivity contribution in [3.63, 3.8) is 0 Å². The molecule has 2 heterocycles. The van der Waals surface area contributed by atoms with E-state index in [1.54, 1.807) is 10.9 Å². The maximum Gasteiger partial charge on any atom is 0.263 e. The number of aromatic nitrogens is 4. The molecule has 7 heteroatoms. The number of nitrogens with zero attached hydrogens (tertiary/aromatic N) is 3. The third-order valence-corrected chi connectivity index (χ3v) is 4.98. The summed E-state index contributed by atoms with van der Waals surface area (Å²) in [4.78, 5) is 19.7. The highest BCUT2D eigenvalue weighted by Gasteiger charge is 2.44. The zero-order valence-electron chi connectivity index (χ0n) is 15.1. The molecular formula is C19H22FN5O. The van der Waals surface area contributed by atoms with Crippen LogP contribution in [0.2, 0.25) is 0 Å². The van der Waals surface area contributed by atoms with Crippen LogP contribution in [0.25, 0.3) is 11.0 Å². The molecule has 0 aliphatic heterocycles. The summed E-state index contributed by atoms with van der Waals surface area (Å²) >= 11 is 0. The van der Waals surface area contributed by atoms with Crippen LogP contribution in [0.15, 0.2) is 35.3 Å². The monoisotopic (exact) mass is 355 g/mol. The van der Waals surface area contributed by atoms with Crippen LogP contribution in [-0.4, -0.2) is 26.3 Å². The molecule has 0 atom stereocenters. The molecule has 1 aliphatic carbocycles. The second-order valence-corrected chi connectivity index (χ2v) is 8.02. The minimum absolute atomic E-state index is 0.0223. The summed E-state index contributed by atoms with van der Waals surface area (Å²) in [6.45, 7) is 6.69. The van der Waals surface area contributed by atoms with Crippen LogP contribution in [0.3, 0.4) is 0 Å². The fourth-order valence-electron chi connectivity index (χ4n) is 3.27. The largest absolute Gasteiger partial charge is 0.355 e. The summed E-state index contributed by atoms with van der Waals surface area (Å²) in [5, 5.41) is 8.05. The molecule has 1 aromatic carbocycles. The first-order valence-corrected chi connectivity index (χ1v) is 8.77. The van der Waals surface area contributed by atoms with Gasteiger partial charge in [-0.2, -0.15) is 10.1 Å². The number of hydrogen-bond donors (Lipinski definition) is 2. The van der Waals surface area contributed by atoms with Crippen LogP contribution >= 0.6 is 0 Å². The molecule has 4 rings (SSSR count). The molecule has 0 saturated heterocycles. The van der Waals surface area contributed by atoms with Gasteiger partial charge < -0.3 is 5.32 Å². The topological polar surface area (TPSA) is 75.6 Å². The third kappa shape index (κ3) is 2.87. The van der Waals surface area contributed by atoms with Crippen LogP contribution in [0, 0.1) is 5.82 Å². The van der Waals surface area contributed by atoms with Gasteiger partial charge in [-0.25, -0.2) is 9.07 Å². The van der Waals surface area contributed by atoms with Crippen molar-refractivity contribution in [2.45, 2.75) is 44.6 Å². The molecular weight excluding hydrogens is 333 g/mol. The summed E-state index contributed by atoms with van der Waals surface area (Å²) in [6, 6.07) is 6.64. The number of nitrogens with one attached hydrogen (secondary N) is 2. The molecule has 0 unspecified atom stereocenters. The molecule has 3 aromatic rings. The van der Waals surface area contributed by atoms with Gasteiger partial charge in [0.2, 0.25) is 5.95 Å². The maximum absolute atomic E-state index is 13.2. The quantitative estimate of drug-likeness (QED) is 0.754. The molecule has 0 bridgehead atoms. The van der Waals surface area contributed by atoms with Crippen LogP contribution < -0.4 is 10.9 Å². The first-order chi connectivity index (χ1) is 12.3. The highest BCUT2D eigenvalue weighted by Crippen LogP contribution is 2.48. The number of H-pyrrole nitrogens is 1. The van der Waals surface area contributed by atoms with Crippen molar-refractivity contribution in [1.82, 2.24) is 19.7 Å². The number of aromatic amines is 1. The van der Waals surface area contributed by atoms with E-state index in [0.717, 1.165) is 18.4 Å². The highest BCUT2D eigenvalue weighted by atomic mass is 19.1. The Morgan fingerprint density at radius 3 is 2.58 bits per heavy atom. The van der Waals surface area contributed by atoms with Crippen LogP contribution in [-0.2, 0) is 11.0 Å². The van der Waals surface area contributed by atoms with E-state index in [0.29, 0.717) is 23.5 Å². The summed E-state index contributed by atoms with van der Waals surface area (Å²) in [5.74, 6) is 0.200. The van der Waals surface area contributed by atoms with E-state index in [1.165, 1.54) is 12.1 Å². The van der Waals surface area contributed by atoms with Gasteiger partial charge in [0.1, 0.15) is 11.2 Å². The molecule has 6 nitrogen and oxygen atoms in total. The van der Waals surface area contributed by atoms with E-state index in [2.05, 4.69) is 20.4 Å². The van der Waals surface area contributed by atoms with Gasteiger partial charge in [-0.05, 0) is 51.3 Å². The smallest absolute Gasteiger partial charge is 0.263 e. The van der Waals surface area contributed by atoms with Gasteiger partial charge in [-0.1, -0.05) is 12.1 Å². The first kappa shape index (κ1) is 16.8. The number of benzene rings is 1. The minimum Gasteiger partial charge on any atom is -0.355 e. The van der Waals surface area contributed by atoms with E-state index in [-0.39, 0.29) is 22.3 Å². The van der Waals surface area contributed by atoms with E-state index in [9.17, 15) is 9.18 Å². The van der Waals surface area contributed by atoms with Gasteiger partial charge in [0, 0.05) is 12.0 Å². The van der Waals surface area contributed by atoms with Gasteiger partial charge in [0.25, 0.3) is 5.56 Å². The molecule has 136 valence electrons. The van der Waals surface area contributed by atoms with E-state index in [4.69, 9.17) is 0 Å². The number of halogens is 1. The van der Waals surface area contributed by atoms with Crippen molar-refractivity contribution >= 4 is 17.0 Å². The Hall–Kier alpha value is -2.70. The Labute approximate surface area is 150 Å². The SMILES string of the molecule is CC(C)(C)n1ncc2c(=O)[nH]c(NCC3(c4ccc(F)cc4)CC3)nc21. The van der Waals surface area contributed by atoms with Crippen LogP contribution in [0.1, 0.15) is 39.2 Å². The van der Waals surface area contributed by atoms with Crippen LogP contribution in [0.4, 0.5) is 10.3 Å². The lowest BCUT2D eigenvalue weighted by molar-refractivity contribution is 0.366. The Morgan fingerprint density at radius 2 is 1.96 bits per heavy atom. The van der Waals surface area contributed by atoms with Gasteiger partial charge in [0.05, 0.1) is 11.7 Å². The van der Waals surface area contributed by atoms with Crippen molar-refractivity contribution in [2.75, 3.05) is 11.9 Å². The second-order valence-electron chi connectivity index (χ2n) is 8.02. The fraction of sp³-hybridized carbons (Fsp3) is 0.421. The maximum atomic E-state index is 13.2. The van der Waals surface area contributed by atoms with Gasteiger partial charge in [0.15, 0.2) is 5.65 Å². The zero-order valence-corrected chi connectivity index (χ0v) is 15.1. The summed E-state index contributed by atoms with van der Waals surface area (Å²) in [6.07, 6.45) is 3.60. The molecule has 26 heavy (non-hydrogen) atoms. The fourth-order valence-corrected chi connectivity index (χ4v) is 3.27. The second kappa shape index (κ2) is 5.65. The van der Waals surface area contributed by atoms with Crippen molar-refractivity contribution in [2.24, 2.45) is 0 Å². The lowest BCUT2D eigenvalue weighted by atomic mass is 9.96. The number of fused-ring (bicyclic) bond motifs is 1. The molecule has 1 fully saturated rings. The van der Waals surface area contributed by atoms with E-state index in [1.807, 2.05) is 32.9 Å². The first-order valence-electron chi connectivity index (χ1n) is 8.77.